The summed E-state index contributed by atoms with van der Waals surface area (Å²) in [5.74, 6) is -2.88. The molecule has 11 heteroatoms. The van der Waals surface area contributed by atoms with Crippen molar-refractivity contribution in [3.05, 3.63) is 58.1 Å². The third kappa shape index (κ3) is 5.48. The number of hydrogen-bond donors (Lipinski definition) is 1. The van der Waals surface area contributed by atoms with Gasteiger partial charge in [0.15, 0.2) is 6.61 Å². The average molecular weight is 475 g/mol. The van der Waals surface area contributed by atoms with Gasteiger partial charge in [-0.25, -0.2) is 0 Å². The van der Waals surface area contributed by atoms with Gasteiger partial charge in [-0.2, -0.15) is 13.2 Å². The molecule has 3 rings (SSSR count). The summed E-state index contributed by atoms with van der Waals surface area (Å²) >= 11 is 11.8. The molecule has 0 aliphatic carbocycles. The highest BCUT2D eigenvalue weighted by molar-refractivity contribution is 6.35. The van der Waals surface area contributed by atoms with Crippen LogP contribution in [0.4, 0.5) is 24.5 Å². The predicted molar refractivity (Wildman–Crippen MR) is 108 cm³/mol. The molecule has 0 aromatic heterocycles. The van der Waals surface area contributed by atoms with Gasteiger partial charge in [0, 0.05) is 10.0 Å². The van der Waals surface area contributed by atoms with Crippen LogP contribution in [0.1, 0.15) is 12.0 Å². The number of benzene rings is 2. The van der Waals surface area contributed by atoms with Gasteiger partial charge in [0.1, 0.15) is 6.04 Å². The second kappa shape index (κ2) is 9.15. The van der Waals surface area contributed by atoms with Crippen LogP contribution >= 0.6 is 23.2 Å². The Morgan fingerprint density at radius 1 is 1.16 bits per heavy atom. The van der Waals surface area contributed by atoms with E-state index in [1.54, 1.807) is 0 Å². The van der Waals surface area contributed by atoms with E-state index in [1.807, 2.05) is 0 Å². The van der Waals surface area contributed by atoms with Crippen LogP contribution in [-0.4, -0.2) is 36.6 Å². The van der Waals surface area contributed by atoms with E-state index < -0.39 is 43.0 Å². The Labute approximate surface area is 184 Å². The molecule has 1 atom stereocenters. The number of carbonyl (C=O) groups excluding carboxylic acids is 3. The third-order valence-electron chi connectivity index (χ3n) is 4.48. The monoisotopic (exact) mass is 474 g/mol. The van der Waals surface area contributed by atoms with E-state index in [4.69, 9.17) is 27.9 Å². The average Bonchev–Trinajstić information content (AvgIpc) is 2.84. The van der Waals surface area contributed by atoms with Gasteiger partial charge in [-0.3, -0.25) is 19.3 Å². The van der Waals surface area contributed by atoms with Gasteiger partial charge in [-0.05, 0) is 29.8 Å². The van der Waals surface area contributed by atoms with Gasteiger partial charge in [-0.1, -0.05) is 41.4 Å². The van der Waals surface area contributed by atoms with Crippen molar-refractivity contribution < 1.29 is 32.3 Å². The van der Waals surface area contributed by atoms with Crippen molar-refractivity contribution in [3.63, 3.8) is 0 Å². The molecule has 1 N–H and O–H groups in total. The van der Waals surface area contributed by atoms with E-state index in [2.05, 4.69) is 5.32 Å². The number of amides is 2. The molecule has 6 nitrogen and oxygen atoms in total. The minimum absolute atomic E-state index is 0.0480. The first-order chi connectivity index (χ1) is 14.6. The topological polar surface area (TPSA) is 75.7 Å². The van der Waals surface area contributed by atoms with E-state index in [9.17, 15) is 27.6 Å². The highest BCUT2D eigenvalue weighted by Gasteiger charge is 2.49. The van der Waals surface area contributed by atoms with Crippen molar-refractivity contribution in [2.45, 2.75) is 25.1 Å². The maximum atomic E-state index is 13.7. The molecular weight excluding hydrogens is 460 g/mol. The molecule has 1 heterocycles. The number of hydrogen-bond acceptors (Lipinski definition) is 4. The molecule has 1 aliphatic heterocycles. The Morgan fingerprint density at radius 3 is 2.55 bits per heavy atom. The standard InChI is InChI=1S/C20H15Cl2F3N2O4/c21-12-6-5-11(13(22)8-12)7-19(30)31-10-18(29)27-15-4-2-1-3-14(15)26-17(28)9-16(27)20(23,24)25/h1-6,8,16H,7,9-10H2,(H,26,28). The fraction of sp³-hybridized carbons (Fsp3) is 0.250. The lowest BCUT2D eigenvalue weighted by atomic mass is 10.1. The lowest BCUT2D eigenvalue weighted by Crippen LogP contribution is -2.51. The number of rotatable bonds is 4. The van der Waals surface area contributed by atoms with Crippen LogP contribution in [0.3, 0.4) is 0 Å². The van der Waals surface area contributed by atoms with Crippen molar-refractivity contribution in [2.75, 3.05) is 16.8 Å². The zero-order valence-electron chi connectivity index (χ0n) is 15.7. The molecule has 2 aromatic carbocycles. The molecule has 0 saturated carbocycles. The number of carbonyl (C=O) groups is 3. The van der Waals surface area contributed by atoms with Gasteiger partial charge in [0.05, 0.1) is 24.2 Å². The fourth-order valence-electron chi connectivity index (χ4n) is 3.08. The molecule has 0 saturated heterocycles. The maximum absolute atomic E-state index is 13.7. The second-order valence-electron chi connectivity index (χ2n) is 6.66. The zero-order valence-corrected chi connectivity index (χ0v) is 17.2. The number of halogens is 5. The van der Waals surface area contributed by atoms with E-state index in [-0.39, 0.29) is 22.8 Å². The largest absolute Gasteiger partial charge is 0.455 e. The molecule has 0 bridgehead atoms. The van der Waals surface area contributed by atoms with Gasteiger partial charge in [-0.15, -0.1) is 0 Å². The lowest BCUT2D eigenvalue weighted by molar-refractivity contribution is -0.160. The van der Waals surface area contributed by atoms with Gasteiger partial charge in [0.25, 0.3) is 5.91 Å². The van der Waals surface area contributed by atoms with Crippen molar-refractivity contribution in [3.8, 4) is 0 Å². The minimum atomic E-state index is -4.88. The lowest BCUT2D eigenvalue weighted by Gasteiger charge is -2.31. The maximum Gasteiger partial charge on any atom is 0.409 e. The normalized spacial score (nSPS) is 16.2. The molecule has 0 spiro atoms. The second-order valence-corrected chi connectivity index (χ2v) is 7.51. The number of para-hydroxylation sites is 2. The molecule has 2 aromatic rings. The Balaban J connectivity index is 1.79. The Kier molecular flexibility index (Phi) is 6.76. The Hall–Kier alpha value is -2.78. The number of alkyl halides is 3. The predicted octanol–water partition coefficient (Wildman–Crippen LogP) is 4.39. The molecular formula is C20H15Cl2F3N2O4. The third-order valence-corrected chi connectivity index (χ3v) is 5.07. The van der Waals surface area contributed by atoms with Crippen molar-refractivity contribution in [1.82, 2.24) is 0 Å². The molecule has 0 fully saturated rings. The van der Waals surface area contributed by atoms with Crippen LogP contribution in [0.15, 0.2) is 42.5 Å². The fourth-order valence-corrected chi connectivity index (χ4v) is 3.55. The number of anilines is 2. The van der Waals surface area contributed by atoms with Crippen molar-refractivity contribution in [2.24, 2.45) is 0 Å². The SMILES string of the molecule is O=C1CC(C(F)(F)F)N(C(=O)COC(=O)Cc2ccc(Cl)cc2Cl)c2ccccc2N1. The van der Waals surface area contributed by atoms with Crippen molar-refractivity contribution in [1.29, 1.82) is 0 Å². The Bertz CT molecular complexity index is 1030. The molecule has 1 unspecified atom stereocenters. The van der Waals surface area contributed by atoms with Crippen LogP contribution in [-0.2, 0) is 25.5 Å². The Morgan fingerprint density at radius 2 is 1.87 bits per heavy atom. The smallest absolute Gasteiger partial charge is 0.409 e. The van der Waals surface area contributed by atoms with Gasteiger partial charge >= 0.3 is 12.1 Å². The summed E-state index contributed by atoms with van der Waals surface area (Å²) in [6.07, 6.45) is -6.17. The summed E-state index contributed by atoms with van der Waals surface area (Å²) in [5.41, 5.74) is 0.288. The summed E-state index contributed by atoms with van der Waals surface area (Å²) in [4.78, 5) is 37.2. The van der Waals surface area contributed by atoms with Gasteiger partial charge in [0.2, 0.25) is 5.91 Å². The number of esters is 1. The van der Waals surface area contributed by atoms with Crippen LogP contribution in [0, 0.1) is 0 Å². The van der Waals surface area contributed by atoms with Crippen LogP contribution in [0.5, 0.6) is 0 Å². The number of nitrogens with zero attached hydrogens (tertiary/aromatic N) is 1. The molecule has 164 valence electrons. The number of nitrogens with one attached hydrogen (secondary N) is 1. The first kappa shape index (κ1) is 22.9. The van der Waals surface area contributed by atoms with E-state index in [0.29, 0.717) is 15.5 Å². The van der Waals surface area contributed by atoms with Crippen molar-refractivity contribution >= 4 is 52.4 Å². The first-order valence-electron chi connectivity index (χ1n) is 8.93. The molecule has 1 aliphatic rings. The summed E-state index contributed by atoms with van der Waals surface area (Å²) in [7, 11) is 0. The zero-order chi connectivity index (χ0) is 22.8. The van der Waals surface area contributed by atoms with Crippen LogP contribution < -0.4 is 10.2 Å². The molecule has 31 heavy (non-hydrogen) atoms. The minimum Gasteiger partial charge on any atom is -0.455 e. The van der Waals surface area contributed by atoms with Crippen LogP contribution in [0.25, 0.3) is 0 Å². The highest BCUT2D eigenvalue weighted by atomic mass is 35.5. The van der Waals surface area contributed by atoms with E-state index >= 15 is 0 Å². The van der Waals surface area contributed by atoms with E-state index in [1.165, 1.54) is 42.5 Å². The summed E-state index contributed by atoms with van der Waals surface area (Å²) in [5, 5.41) is 2.92. The highest BCUT2D eigenvalue weighted by Crippen LogP contribution is 2.37. The summed E-state index contributed by atoms with van der Waals surface area (Å²) in [6.45, 7) is -0.945. The number of ether oxygens (including phenoxy) is 1. The molecule has 2 amide bonds. The first-order valence-corrected chi connectivity index (χ1v) is 9.69. The summed E-state index contributed by atoms with van der Waals surface area (Å²) < 4.78 is 45.9. The van der Waals surface area contributed by atoms with E-state index in [0.717, 1.165) is 0 Å². The van der Waals surface area contributed by atoms with Crippen LogP contribution in [0.2, 0.25) is 10.0 Å². The quantitative estimate of drug-likeness (QED) is 0.666. The number of fused-ring (bicyclic) bond motifs is 1. The molecule has 0 radical (unpaired) electrons. The summed E-state index contributed by atoms with van der Waals surface area (Å²) in [6, 6.07) is 7.59. The van der Waals surface area contributed by atoms with Gasteiger partial charge < -0.3 is 10.1 Å².